The number of hydrogen-bond donors (Lipinski definition) is 2. The lowest BCUT2D eigenvalue weighted by atomic mass is 10.3. The third-order valence-corrected chi connectivity index (χ3v) is 5.55. The molecule has 0 fully saturated rings. The van der Waals surface area contributed by atoms with Crippen LogP contribution in [0.4, 0.5) is 0 Å². The molecule has 0 saturated heterocycles. The first kappa shape index (κ1) is 14.6. The number of hydrogen-bond acceptors (Lipinski definition) is 4. The van der Waals surface area contributed by atoms with Crippen LogP contribution in [0.3, 0.4) is 0 Å². The molecule has 1 amide bonds. The van der Waals surface area contributed by atoms with Crippen LogP contribution in [0.5, 0.6) is 0 Å². The van der Waals surface area contributed by atoms with E-state index in [9.17, 15) is 13.2 Å². The number of nitrogens with one attached hydrogen (secondary N) is 2. The van der Waals surface area contributed by atoms with Crippen molar-refractivity contribution in [2.24, 2.45) is 0 Å². The predicted molar refractivity (Wildman–Crippen MR) is 70.5 cm³/mol. The van der Waals surface area contributed by atoms with Gasteiger partial charge in [-0.15, -0.1) is 11.3 Å². The Balaban J connectivity index is 2.77. The summed E-state index contributed by atoms with van der Waals surface area (Å²) in [6.45, 7) is 3.75. The van der Waals surface area contributed by atoms with Gasteiger partial charge < -0.3 is 5.32 Å². The molecule has 0 unspecified atom stereocenters. The van der Waals surface area contributed by atoms with Crippen molar-refractivity contribution in [1.29, 1.82) is 0 Å². The van der Waals surface area contributed by atoms with E-state index in [1.807, 2.05) is 0 Å². The molecule has 0 aromatic carbocycles. The van der Waals surface area contributed by atoms with Crippen LogP contribution in [-0.4, -0.2) is 26.9 Å². The van der Waals surface area contributed by atoms with Crippen molar-refractivity contribution < 1.29 is 13.2 Å². The second kappa shape index (κ2) is 5.94. The Labute approximate surface area is 113 Å². The van der Waals surface area contributed by atoms with E-state index in [2.05, 4.69) is 26.0 Å². The highest BCUT2D eigenvalue weighted by Gasteiger charge is 2.22. The highest BCUT2D eigenvalue weighted by Crippen LogP contribution is 2.25. The molecular formula is C9H13BrN2O3S2. The molecule has 0 bridgehead atoms. The third kappa shape index (κ3) is 4.06. The summed E-state index contributed by atoms with van der Waals surface area (Å²) in [6, 6.07) is 2.35. The van der Waals surface area contributed by atoms with Crippen LogP contribution in [0.25, 0.3) is 0 Å². The molecular weight excluding hydrogens is 328 g/mol. The van der Waals surface area contributed by atoms with Gasteiger partial charge in [-0.3, -0.25) is 4.79 Å². The van der Waals surface area contributed by atoms with Crippen LogP contribution in [-0.2, 0) is 14.8 Å². The van der Waals surface area contributed by atoms with Crippen LogP contribution in [0.1, 0.15) is 13.8 Å². The first-order valence-electron chi connectivity index (χ1n) is 4.92. The molecule has 0 spiro atoms. The minimum Gasteiger partial charge on any atom is -0.355 e. The van der Waals surface area contributed by atoms with E-state index in [0.29, 0.717) is 6.54 Å². The molecule has 0 saturated carbocycles. The van der Waals surface area contributed by atoms with Crippen molar-refractivity contribution in [3.8, 4) is 0 Å². The third-order valence-electron chi connectivity index (χ3n) is 1.89. The molecule has 1 aromatic rings. The summed E-state index contributed by atoms with van der Waals surface area (Å²) >= 11 is 4.29. The number of rotatable bonds is 5. The van der Waals surface area contributed by atoms with Gasteiger partial charge in [-0.05, 0) is 41.9 Å². The van der Waals surface area contributed by atoms with Gasteiger partial charge in [-0.2, -0.15) is 4.72 Å². The van der Waals surface area contributed by atoms with Gasteiger partial charge >= 0.3 is 0 Å². The smallest absolute Gasteiger partial charge is 0.250 e. The molecule has 96 valence electrons. The fourth-order valence-corrected chi connectivity index (χ4v) is 4.34. The molecule has 0 aliphatic rings. The van der Waals surface area contributed by atoms with Crippen LogP contribution in [0.2, 0.25) is 0 Å². The predicted octanol–water partition coefficient (Wildman–Crippen LogP) is 1.31. The Morgan fingerprint density at radius 2 is 2.18 bits per heavy atom. The van der Waals surface area contributed by atoms with Crippen molar-refractivity contribution in [3.05, 3.63) is 15.9 Å². The summed E-state index contributed by atoms with van der Waals surface area (Å²) in [5.74, 6) is -0.341. The monoisotopic (exact) mass is 340 g/mol. The van der Waals surface area contributed by atoms with Crippen LogP contribution in [0, 0.1) is 0 Å². The SMILES string of the molecule is CCNC(=O)[C@@H](C)NS(=O)(=O)c1ccc(Br)s1. The minimum atomic E-state index is -3.62. The molecule has 0 radical (unpaired) electrons. The summed E-state index contributed by atoms with van der Waals surface area (Å²) in [5.41, 5.74) is 0. The number of carbonyl (C=O) groups excluding carboxylic acids is 1. The maximum atomic E-state index is 11.9. The number of carbonyl (C=O) groups is 1. The van der Waals surface area contributed by atoms with Crippen LogP contribution in [0.15, 0.2) is 20.1 Å². The quantitative estimate of drug-likeness (QED) is 0.848. The summed E-state index contributed by atoms with van der Waals surface area (Å²) < 4.78 is 27.0. The summed E-state index contributed by atoms with van der Waals surface area (Å²) in [7, 11) is -3.62. The van der Waals surface area contributed by atoms with E-state index in [1.54, 1.807) is 13.0 Å². The second-order valence-electron chi connectivity index (χ2n) is 3.30. The highest BCUT2D eigenvalue weighted by atomic mass is 79.9. The number of halogens is 1. The number of likely N-dealkylation sites (N-methyl/N-ethyl adjacent to an activating group) is 1. The Hall–Kier alpha value is -0.440. The van der Waals surface area contributed by atoms with E-state index in [-0.39, 0.29) is 10.1 Å². The van der Waals surface area contributed by atoms with Crippen LogP contribution < -0.4 is 10.0 Å². The highest BCUT2D eigenvalue weighted by molar-refractivity contribution is 9.11. The van der Waals surface area contributed by atoms with Gasteiger partial charge in [0.15, 0.2) is 0 Å². The molecule has 5 nitrogen and oxygen atoms in total. The Kier molecular flexibility index (Phi) is 5.11. The molecule has 8 heteroatoms. The van der Waals surface area contributed by atoms with Gasteiger partial charge in [0.25, 0.3) is 10.0 Å². The fraction of sp³-hybridized carbons (Fsp3) is 0.444. The first-order valence-corrected chi connectivity index (χ1v) is 8.01. The van der Waals surface area contributed by atoms with Gasteiger partial charge in [0.2, 0.25) is 5.91 Å². The van der Waals surface area contributed by atoms with Gasteiger partial charge in [0.1, 0.15) is 4.21 Å². The Morgan fingerprint density at radius 1 is 1.53 bits per heavy atom. The van der Waals surface area contributed by atoms with Crippen molar-refractivity contribution in [3.63, 3.8) is 0 Å². The molecule has 1 heterocycles. The first-order chi connectivity index (χ1) is 7.86. The zero-order valence-electron chi connectivity index (χ0n) is 9.36. The summed E-state index contributed by atoms with van der Waals surface area (Å²) in [5, 5.41) is 2.55. The van der Waals surface area contributed by atoms with Crippen molar-refractivity contribution in [2.45, 2.75) is 24.1 Å². The average Bonchev–Trinajstić information content (AvgIpc) is 2.65. The molecule has 1 aromatic heterocycles. The number of thiophene rings is 1. The Bertz CT molecular complexity index is 498. The zero-order valence-corrected chi connectivity index (χ0v) is 12.6. The fourth-order valence-electron chi connectivity index (χ4n) is 1.11. The lowest BCUT2D eigenvalue weighted by Crippen LogP contribution is -2.44. The molecule has 0 aliphatic heterocycles. The van der Waals surface area contributed by atoms with Gasteiger partial charge in [0.05, 0.1) is 9.83 Å². The van der Waals surface area contributed by atoms with Crippen molar-refractivity contribution >= 4 is 43.2 Å². The van der Waals surface area contributed by atoms with Crippen molar-refractivity contribution in [1.82, 2.24) is 10.0 Å². The normalized spacial score (nSPS) is 13.4. The molecule has 1 atom stereocenters. The topological polar surface area (TPSA) is 75.3 Å². The summed E-state index contributed by atoms with van der Waals surface area (Å²) in [6.07, 6.45) is 0. The lowest BCUT2D eigenvalue weighted by molar-refractivity contribution is -0.122. The minimum absolute atomic E-state index is 0.181. The zero-order chi connectivity index (χ0) is 13.1. The number of amides is 1. The van der Waals surface area contributed by atoms with Crippen molar-refractivity contribution in [2.75, 3.05) is 6.54 Å². The van der Waals surface area contributed by atoms with Gasteiger partial charge in [-0.1, -0.05) is 0 Å². The molecule has 2 N–H and O–H groups in total. The maximum absolute atomic E-state index is 11.9. The van der Waals surface area contributed by atoms with E-state index < -0.39 is 16.1 Å². The van der Waals surface area contributed by atoms with Crippen LogP contribution >= 0.6 is 27.3 Å². The standard InChI is InChI=1S/C9H13BrN2O3S2/c1-3-11-9(13)6(2)12-17(14,15)8-5-4-7(10)16-8/h4-6,12H,3H2,1-2H3,(H,11,13)/t6-/m1/s1. The Morgan fingerprint density at radius 3 is 2.65 bits per heavy atom. The van der Waals surface area contributed by atoms with E-state index >= 15 is 0 Å². The molecule has 17 heavy (non-hydrogen) atoms. The average molecular weight is 341 g/mol. The number of sulfonamides is 1. The summed E-state index contributed by atoms with van der Waals surface area (Å²) in [4.78, 5) is 11.4. The van der Waals surface area contributed by atoms with E-state index in [4.69, 9.17) is 0 Å². The van der Waals surface area contributed by atoms with E-state index in [1.165, 1.54) is 13.0 Å². The van der Waals surface area contributed by atoms with E-state index in [0.717, 1.165) is 15.1 Å². The molecule has 0 aliphatic carbocycles. The maximum Gasteiger partial charge on any atom is 0.250 e. The lowest BCUT2D eigenvalue weighted by Gasteiger charge is -2.12. The molecule has 1 rings (SSSR count). The second-order valence-corrected chi connectivity index (χ2v) is 7.70. The van der Waals surface area contributed by atoms with Gasteiger partial charge in [0, 0.05) is 6.54 Å². The van der Waals surface area contributed by atoms with Gasteiger partial charge in [-0.25, -0.2) is 8.42 Å². The largest absolute Gasteiger partial charge is 0.355 e.